The average Bonchev–Trinajstić information content (AvgIpc) is 3.19. The number of halogens is 3. The molecule has 1 amide bonds. The van der Waals surface area contributed by atoms with Gasteiger partial charge in [-0.3, -0.25) is 4.79 Å². The summed E-state index contributed by atoms with van der Waals surface area (Å²) in [4.78, 5) is 20.5. The Morgan fingerprint density at radius 2 is 1.74 bits per heavy atom. The molecular weight excluding hydrogens is 402 g/mol. The highest BCUT2D eigenvalue weighted by molar-refractivity contribution is 14.1. The van der Waals surface area contributed by atoms with E-state index < -0.39 is 5.54 Å². The molecule has 3 rings (SSSR count). The average molecular weight is 417 g/mol. The molecule has 3 N–H and O–H groups in total. The van der Waals surface area contributed by atoms with E-state index in [0.717, 1.165) is 29.3 Å². The third-order valence-electron chi connectivity index (χ3n) is 3.39. The minimum absolute atomic E-state index is 0. The van der Waals surface area contributed by atoms with Crippen molar-refractivity contribution in [3.05, 3.63) is 21.8 Å². The third kappa shape index (κ3) is 3.29. The molecule has 2 aliphatic rings. The van der Waals surface area contributed by atoms with Crippen LogP contribution in [0.1, 0.15) is 31.5 Å². The van der Waals surface area contributed by atoms with Gasteiger partial charge in [-0.05, 0) is 48.3 Å². The Labute approximate surface area is 137 Å². The van der Waals surface area contributed by atoms with Gasteiger partial charge in [-0.25, -0.2) is 9.97 Å². The molecule has 2 fully saturated rings. The van der Waals surface area contributed by atoms with Crippen molar-refractivity contribution >= 4 is 53.3 Å². The summed E-state index contributed by atoms with van der Waals surface area (Å²) in [6, 6.07) is 0. The van der Waals surface area contributed by atoms with Crippen molar-refractivity contribution in [2.75, 3.05) is 0 Å². The van der Waals surface area contributed by atoms with E-state index in [9.17, 15) is 4.79 Å². The number of carbonyl (C=O) groups excluding carboxylic acids is 1. The van der Waals surface area contributed by atoms with Gasteiger partial charge < -0.3 is 11.1 Å². The zero-order valence-electron chi connectivity index (χ0n) is 10.1. The molecule has 0 unspecified atom stereocenters. The summed E-state index contributed by atoms with van der Waals surface area (Å²) in [7, 11) is 0. The molecule has 1 aromatic rings. The topological polar surface area (TPSA) is 80.9 Å². The highest BCUT2D eigenvalue weighted by Gasteiger charge is 2.54. The molecule has 8 heteroatoms. The Balaban J connectivity index is 0.000000902. The van der Waals surface area contributed by atoms with E-state index >= 15 is 0 Å². The second-order valence-corrected chi connectivity index (χ2v) is 6.16. The fourth-order valence-corrected chi connectivity index (χ4v) is 2.07. The standard InChI is InChI=1S/C11H13IN4O.2ClH/c12-7-5-14-8(15-6-7)11(3-4-11)16-9(17)10(13)1-2-10;;/h5-6H,1-4,13H2,(H,16,17);2*1H. The van der Waals surface area contributed by atoms with Gasteiger partial charge in [0.05, 0.1) is 11.1 Å². The van der Waals surface area contributed by atoms with Crippen LogP contribution in [0.15, 0.2) is 12.4 Å². The van der Waals surface area contributed by atoms with Gasteiger partial charge in [0.15, 0.2) is 5.82 Å². The number of hydrogen-bond donors (Lipinski definition) is 2. The summed E-state index contributed by atoms with van der Waals surface area (Å²) in [6.07, 6.45) is 6.89. The molecule has 0 bridgehead atoms. The van der Waals surface area contributed by atoms with Gasteiger partial charge in [-0.1, -0.05) is 0 Å². The van der Waals surface area contributed by atoms with Crippen LogP contribution < -0.4 is 11.1 Å². The maximum atomic E-state index is 11.9. The van der Waals surface area contributed by atoms with E-state index in [1.807, 2.05) is 0 Å². The van der Waals surface area contributed by atoms with Crippen molar-refractivity contribution in [1.29, 1.82) is 0 Å². The number of amides is 1. The Hall–Kier alpha value is -0.180. The normalized spacial score (nSPS) is 20.5. The van der Waals surface area contributed by atoms with Gasteiger partial charge in [0.1, 0.15) is 0 Å². The molecule has 2 aliphatic carbocycles. The van der Waals surface area contributed by atoms with Crippen LogP contribution in [-0.4, -0.2) is 21.4 Å². The van der Waals surface area contributed by atoms with Gasteiger partial charge in [0, 0.05) is 16.0 Å². The zero-order valence-corrected chi connectivity index (χ0v) is 13.8. The van der Waals surface area contributed by atoms with Crippen LogP contribution in [0.25, 0.3) is 0 Å². The Morgan fingerprint density at radius 3 is 2.16 bits per heavy atom. The number of nitrogens with two attached hydrogens (primary N) is 1. The van der Waals surface area contributed by atoms with E-state index in [4.69, 9.17) is 5.73 Å². The largest absolute Gasteiger partial charge is 0.342 e. The number of nitrogens with one attached hydrogen (secondary N) is 1. The van der Waals surface area contributed by atoms with Crippen LogP contribution >= 0.6 is 47.4 Å². The fraction of sp³-hybridized carbons (Fsp3) is 0.545. The maximum Gasteiger partial charge on any atom is 0.240 e. The number of carbonyl (C=O) groups is 1. The van der Waals surface area contributed by atoms with Crippen LogP contribution in [0, 0.1) is 3.57 Å². The quantitative estimate of drug-likeness (QED) is 0.732. The Morgan fingerprint density at radius 1 is 1.21 bits per heavy atom. The smallest absolute Gasteiger partial charge is 0.240 e. The molecule has 0 radical (unpaired) electrons. The van der Waals surface area contributed by atoms with Crippen molar-refractivity contribution in [2.45, 2.75) is 36.8 Å². The first-order valence-electron chi connectivity index (χ1n) is 5.64. The molecule has 0 aromatic carbocycles. The van der Waals surface area contributed by atoms with Gasteiger partial charge in [-0.15, -0.1) is 24.8 Å². The summed E-state index contributed by atoms with van der Waals surface area (Å²) in [5.74, 6) is 0.646. The minimum Gasteiger partial charge on any atom is -0.342 e. The van der Waals surface area contributed by atoms with Crippen molar-refractivity contribution in [3.63, 3.8) is 0 Å². The molecule has 0 saturated heterocycles. The fourth-order valence-electron chi connectivity index (χ4n) is 1.79. The SMILES string of the molecule is Cl.Cl.NC1(C(=O)NC2(c3ncc(I)cn3)CC2)CC1. The lowest BCUT2D eigenvalue weighted by Crippen LogP contribution is -2.47. The first-order chi connectivity index (χ1) is 8.04. The summed E-state index contributed by atoms with van der Waals surface area (Å²) in [5.41, 5.74) is 4.90. The van der Waals surface area contributed by atoms with Gasteiger partial charge in [0.25, 0.3) is 0 Å². The van der Waals surface area contributed by atoms with Crippen molar-refractivity contribution in [3.8, 4) is 0 Å². The van der Waals surface area contributed by atoms with Crippen molar-refractivity contribution in [1.82, 2.24) is 15.3 Å². The highest BCUT2D eigenvalue weighted by atomic mass is 127. The third-order valence-corrected chi connectivity index (χ3v) is 3.95. The predicted molar refractivity (Wildman–Crippen MR) is 84.5 cm³/mol. The summed E-state index contributed by atoms with van der Waals surface area (Å²) < 4.78 is 0.992. The number of hydrogen-bond acceptors (Lipinski definition) is 4. The highest BCUT2D eigenvalue weighted by Crippen LogP contribution is 2.45. The van der Waals surface area contributed by atoms with Crippen LogP contribution in [0.3, 0.4) is 0 Å². The van der Waals surface area contributed by atoms with Crippen LogP contribution in [0.5, 0.6) is 0 Å². The molecule has 5 nitrogen and oxygen atoms in total. The van der Waals surface area contributed by atoms with E-state index in [1.165, 1.54) is 0 Å². The zero-order chi connectivity index (χ0) is 12.1. The predicted octanol–water partition coefficient (Wildman–Crippen LogP) is 1.52. The Kier molecular flexibility index (Phi) is 5.03. The van der Waals surface area contributed by atoms with Gasteiger partial charge in [0.2, 0.25) is 5.91 Å². The molecule has 19 heavy (non-hydrogen) atoms. The second kappa shape index (κ2) is 5.67. The number of rotatable bonds is 3. The molecule has 1 aromatic heterocycles. The monoisotopic (exact) mass is 416 g/mol. The van der Waals surface area contributed by atoms with E-state index in [0.29, 0.717) is 5.82 Å². The number of nitrogens with zero attached hydrogens (tertiary/aromatic N) is 2. The van der Waals surface area contributed by atoms with Crippen LogP contribution in [0.4, 0.5) is 0 Å². The first kappa shape index (κ1) is 16.9. The lowest BCUT2D eigenvalue weighted by molar-refractivity contribution is -0.124. The molecule has 0 atom stereocenters. The maximum absolute atomic E-state index is 11.9. The van der Waals surface area contributed by atoms with Crippen LogP contribution in [0.2, 0.25) is 0 Å². The van der Waals surface area contributed by atoms with E-state index in [2.05, 4.69) is 37.9 Å². The Bertz CT molecular complexity index is 474. The van der Waals surface area contributed by atoms with Gasteiger partial charge >= 0.3 is 0 Å². The summed E-state index contributed by atoms with van der Waals surface area (Å²) in [5, 5.41) is 3.01. The lowest BCUT2D eigenvalue weighted by Gasteiger charge is -2.18. The summed E-state index contributed by atoms with van der Waals surface area (Å²) in [6.45, 7) is 0. The molecule has 0 spiro atoms. The van der Waals surface area contributed by atoms with Crippen molar-refractivity contribution < 1.29 is 4.79 Å². The van der Waals surface area contributed by atoms with Crippen molar-refractivity contribution in [2.24, 2.45) is 5.73 Å². The molecule has 106 valence electrons. The molecule has 2 saturated carbocycles. The molecular formula is C11H15Cl2IN4O. The van der Waals surface area contributed by atoms with Gasteiger partial charge in [-0.2, -0.15) is 0 Å². The van der Waals surface area contributed by atoms with E-state index in [1.54, 1.807) is 12.4 Å². The van der Waals surface area contributed by atoms with Crippen LogP contribution in [-0.2, 0) is 10.3 Å². The first-order valence-corrected chi connectivity index (χ1v) is 6.72. The number of aromatic nitrogens is 2. The van der Waals surface area contributed by atoms with E-state index in [-0.39, 0.29) is 36.3 Å². The molecule has 0 aliphatic heterocycles. The second-order valence-electron chi connectivity index (χ2n) is 4.92. The lowest BCUT2D eigenvalue weighted by atomic mass is 10.2. The molecule has 1 heterocycles. The summed E-state index contributed by atoms with van der Waals surface area (Å²) >= 11 is 2.16. The minimum atomic E-state index is -0.626.